The van der Waals surface area contributed by atoms with E-state index < -0.39 is 16.1 Å². The minimum Gasteiger partial charge on any atom is -0.352 e. The molecule has 0 heterocycles. The molecule has 220 valence electrons. The van der Waals surface area contributed by atoms with Crippen LogP contribution in [0, 0.1) is 12.7 Å². The van der Waals surface area contributed by atoms with Gasteiger partial charge in [0.05, 0.1) is 11.9 Å². The number of nitrogens with one attached hydrogen (secondary N) is 1. The molecule has 0 bridgehead atoms. The van der Waals surface area contributed by atoms with E-state index in [0.29, 0.717) is 17.7 Å². The summed E-state index contributed by atoms with van der Waals surface area (Å²) in [6.07, 6.45) is 2.46. The molecule has 0 aliphatic heterocycles. The SMILES string of the molecule is CC[C@H](C)NC(=O)[C@@H](Cc1ccccc1)N(Cc1ccc(F)cc1)C(=O)CCCN(c1ccc(C)cc1)S(C)(=O)=O. The fraction of sp³-hybridized carbons (Fsp3) is 0.375. The maximum absolute atomic E-state index is 13.8. The van der Waals surface area contributed by atoms with E-state index in [2.05, 4.69) is 5.32 Å². The minimum atomic E-state index is -3.58. The zero-order chi connectivity index (χ0) is 30.0. The molecule has 9 heteroatoms. The van der Waals surface area contributed by atoms with E-state index in [0.717, 1.165) is 23.8 Å². The van der Waals surface area contributed by atoms with E-state index >= 15 is 0 Å². The summed E-state index contributed by atoms with van der Waals surface area (Å²) in [6.45, 7) is 6.03. The summed E-state index contributed by atoms with van der Waals surface area (Å²) in [5, 5.41) is 3.02. The molecule has 2 atom stereocenters. The summed E-state index contributed by atoms with van der Waals surface area (Å²) in [5.74, 6) is -0.943. The molecule has 0 spiro atoms. The topological polar surface area (TPSA) is 86.8 Å². The van der Waals surface area contributed by atoms with E-state index in [4.69, 9.17) is 0 Å². The summed E-state index contributed by atoms with van der Waals surface area (Å²) in [5.41, 5.74) is 3.13. The molecule has 0 unspecified atom stereocenters. The van der Waals surface area contributed by atoms with Crippen molar-refractivity contribution in [2.24, 2.45) is 0 Å². The third-order valence-corrected chi connectivity index (χ3v) is 8.21. The predicted molar refractivity (Wildman–Crippen MR) is 161 cm³/mol. The van der Waals surface area contributed by atoms with Crippen LogP contribution < -0.4 is 9.62 Å². The summed E-state index contributed by atoms with van der Waals surface area (Å²) in [7, 11) is -3.58. The quantitative estimate of drug-likeness (QED) is 0.282. The molecule has 0 aromatic heterocycles. The molecule has 1 N–H and O–H groups in total. The lowest BCUT2D eigenvalue weighted by Gasteiger charge is -2.32. The van der Waals surface area contributed by atoms with Crippen LogP contribution >= 0.6 is 0 Å². The molecular weight excluding hydrogens is 541 g/mol. The van der Waals surface area contributed by atoms with Gasteiger partial charge in [0.1, 0.15) is 11.9 Å². The third-order valence-electron chi connectivity index (χ3n) is 7.01. The Morgan fingerprint density at radius 1 is 0.927 bits per heavy atom. The van der Waals surface area contributed by atoms with Crippen LogP contribution in [0.25, 0.3) is 0 Å². The number of hydrogen-bond donors (Lipinski definition) is 1. The van der Waals surface area contributed by atoms with Crippen molar-refractivity contribution in [1.82, 2.24) is 10.2 Å². The Bertz CT molecular complexity index is 1380. The molecule has 0 saturated heterocycles. The molecule has 3 aromatic carbocycles. The van der Waals surface area contributed by atoms with Crippen LogP contribution in [0.15, 0.2) is 78.9 Å². The van der Waals surface area contributed by atoms with Crippen LogP contribution in [-0.2, 0) is 32.6 Å². The number of amides is 2. The first-order chi connectivity index (χ1) is 19.5. The summed E-state index contributed by atoms with van der Waals surface area (Å²) in [6, 6.07) is 21.6. The first-order valence-corrected chi connectivity index (χ1v) is 15.7. The van der Waals surface area contributed by atoms with Crippen LogP contribution in [0.2, 0.25) is 0 Å². The van der Waals surface area contributed by atoms with Crippen molar-refractivity contribution >= 4 is 27.5 Å². The average Bonchev–Trinajstić information content (AvgIpc) is 2.94. The maximum Gasteiger partial charge on any atom is 0.243 e. The third kappa shape index (κ3) is 9.70. The van der Waals surface area contributed by atoms with Gasteiger partial charge in [0.15, 0.2) is 0 Å². The summed E-state index contributed by atoms with van der Waals surface area (Å²) in [4.78, 5) is 28.9. The molecule has 3 rings (SSSR count). The number of hydrogen-bond acceptors (Lipinski definition) is 4. The van der Waals surface area contributed by atoms with E-state index in [1.165, 1.54) is 21.3 Å². The van der Waals surface area contributed by atoms with Crippen molar-refractivity contribution in [3.8, 4) is 0 Å². The number of carbonyl (C=O) groups excluding carboxylic acids is 2. The fourth-order valence-corrected chi connectivity index (χ4v) is 5.46. The van der Waals surface area contributed by atoms with E-state index in [1.807, 2.05) is 63.2 Å². The van der Waals surface area contributed by atoms with Crippen molar-refractivity contribution in [1.29, 1.82) is 0 Å². The normalized spacial score (nSPS) is 12.8. The fourth-order valence-electron chi connectivity index (χ4n) is 4.50. The molecule has 0 aliphatic rings. The minimum absolute atomic E-state index is 0.0287. The highest BCUT2D eigenvalue weighted by Crippen LogP contribution is 2.21. The molecule has 0 saturated carbocycles. The molecule has 7 nitrogen and oxygen atoms in total. The van der Waals surface area contributed by atoms with Crippen LogP contribution in [0.3, 0.4) is 0 Å². The molecule has 0 fully saturated rings. The number of anilines is 1. The maximum atomic E-state index is 13.8. The van der Waals surface area contributed by atoms with Crippen LogP contribution in [0.5, 0.6) is 0 Å². The number of rotatable bonds is 14. The van der Waals surface area contributed by atoms with Crippen molar-refractivity contribution in [2.75, 3.05) is 17.1 Å². The van der Waals surface area contributed by atoms with E-state index in [-0.39, 0.29) is 49.6 Å². The Morgan fingerprint density at radius 2 is 1.56 bits per heavy atom. The smallest absolute Gasteiger partial charge is 0.243 e. The number of aryl methyl sites for hydroxylation is 1. The van der Waals surface area contributed by atoms with Gasteiger partial charge in [0.25, 0.3) is 0 Å². The first kappa shape index (κ1) is 31.8. The summed E-state index contributed by atoms with van der Waals surface area (Å²) >= 11 is 0. The number of benzene rings is 3. The van der Waals surface area contributed by atoms with Gasteiger partial charge < -0.3 is 10.2 Å². The number of halogens is 1. The second-order valence-electron chi connectivity index (χ2n) is 10.4. The lowest BCUT2D eigenvalue weighted by atomic mass is 10.0. The molecule has 3 aromatic rings. The standard InChI is InChI=1S/C32H40FN3O4S/c1-5-25(3)34-32(38)30(22-26-10-7-6-8-11-26)35(23-27-15-17-28(33)18-16-27)31(37)12-9-21-36(41(4,39)40)29-19-13-24(2)14-20-29/h6-8,10-11,13-20,25,30H,5,9,12,21-23H2,1-4H3,(H,34,38)/t25-,30+/m0/s1. The van der Waals surface area contributed by atoms with Crippen molar-refractivity contribution < 1.29 is 22.4 Å². The molecule has 2 amide bonds. The number of sulfonamides is 1. The average molecular weight is 582 g/mol. The first-order valence-electron chi connectivity index (χ1n) is 13.9. The predicted octanol–water partition coefficient (Wildman–Crippen LogP) is 5.24. The zero-order valence-electron chi connectivity index (χ0n) is 24.2. The van der Waals surface area contributed by atoms with Gasteiger partial charge in [0.2, 0.25) is 21.8 Å². The largest absolute Gasteiger partial charge is 0.352 e. The van der Waals surface area contributed by atoms with Crippen molar-refractivity contribution in [3.05, 3.63) is 101 Å². The molecule has 41 heavy (non-hydrogen) atoms. The monoisotopic (exact) mass is 581 g/mol. The Hall–Kier alpha value is -3.72. The van der Waals surface area contributed by atoms with Gasteiger partial charge in [-0.25, -0.2) is 12.8 Å². The van der Waals surface area contributed by atoms with Gasteiger partial charge in [-0.3, -0.25) is 13.9 Å². The number of carbonyl (C=O) groups is 2. The molecular formula is C32H40FN3O4S. The zero-order valence-corrected chi connectivity index (χ0v) is 25.0. The molecule has 0 aliphatic carbocycles. The van der Waals surface area contributed by atoms with E-state index in [1.54, 1.807) is 24.3 Å². The number of nitrogens with zero attached hydrogens (tertiary/aromatic N) is 2. The lowest BCUT2D eigenvalue weighted by Crippen LogP contribution is -2.52. The van der Waals surface area contributed by atoms with Gasteiger partial charge in [-0.2, -0.15) is 0 Å². The highest BCUT2D eigenvalue weighted by Gasteiger charge is 2.31. The highest BCUT2D eigenvalue weighted by atomic mass is 32.2. The highest BCUT2D eigenvalue weighted by molar-refractivity contribution is 7.92. The second-order valence-corrected chi connectivity index (χ2v) is 12.4. The Morgan fingerprint density at radius 3 is 2.15 bits per heavy atom. The van der Waals surface area contributed by atoms with Gasteiger partial charge in [-0.1, -0.05) is 67.1 Å². The summed E-state index contributed by atoms with van der Waals surface area (Å²) < 4.78 is 40.1. The van der Waals surface area contributed by atoms with Crippen molar-refractivity contribution in [3.63, 3.8) is 0 Å². The second kappa shape index (κ2) is 14.8. The van der Waals surface area contributed by atoms with Gasteiger partial charge in [0, 0.05) is 32.0 Å². The Labute approximate surface area is 243 Å². The van der Waals surface area contributed by atoms with Crippen LogP contribution in [-0.4, -0.2) is 50.0 Å². The Kier molecular flexibility index (Phi) is 11.5. The van der Waals surface area contributed by atoms with Gasteiger partial charge in [-0.05, 0) is 62.1 Å². The van der Waals surface area contributed by atoms with Crippen LogP contribution in [0.4, 0.5) is 10.1 Å². The van der Waals surface area contributed by atoms with Gasteiger partial charge >= 0.3 is 0 Å². The molecule has 0 radical (unpaired) electrons. The lowest BCUT2D eigenvalue weighted by molar-refractivity contribution is -0.141. The van der Waals surface area contributed by atoms with Crippen molar-refractivity contribution in [2.45, 2.75) is 65.1 Å². The van der Waals surface area contributed by atoms with Gasteiger partial charge in [-0.15, -0.1) is 0 Å². The van der Waals surface area contributed by atoms with E-state index in [9.17, 15) is 22.4 Å². The van der Waals surface area contributed by atoms with Crippen LogP contribution in [0.1, 0.15) is 49.8 Å². The Balaban J connectivity index is 1.88.